The van der Waals surface area contributed by atoms with E-state index in [1.54, 1.807) is 22.8 Å². The molecule has 4 rings (SSSR count). The van der Waals surface area contributed by atoms with E-state index in [2.05, 4.69) is 10.3 Å². The fourth-order valence-corrected chi connectivity index (χ4v) is 4.38. The normalized spacial score (nSPS) is 14.6. The number of ether oxygens (including phenoxy) is 2. The number of rotatable bonds is 6. The van der Waals surface area contributed by atoms with Crippen molar-refractivity contribution >= 4 is 23.4 Å². The van der Waals surface area contributed by atoms with Crippen molar-refractivity contribution in [1.29, 1.82) is 0 Å². The number of aliphatic hydroxyl groups excluding tert-OH is 1. The van der Waals surface area contributed by atoms with Crippen LogP contribution in [0.15, 0.2) is 28.0 Å². The van der Waals surface area contributed by atoms with Crippen molar-refractivity contribution in [2.45, 2.75) is 37.3 Å². The summed E-state index contributed by atoms with van der Waals surface area (Å²) in [4.78, 5) is 28.9. The quantitative estimate of drug-likeness (QED) is 0.557. The number of carbonyl (C=O) groups is 1. The molecule has 148 valence electrons. The molecule has 1 amide bonds. The van der Waals surface area contributed by atoms with Gasteiger partial charge in [-0.1, -0.05) is 11.8 Å². The summed E-state index contributed by atoms with van der Waals surface area (Å²) in [5.41, 5.74) is 2.23. The van der Waals surface area contributed by atoms with Crippen LogP contribution in [0.25, 0.3) is 0 Å². The molecular weight excluding hydrogens is 382 g/mol. The Morgan fingerprint density at radius 1 is 1.25 bits per heavy atom. The topological polar surface area (TPSA) is 103 Å². The number of benzene rings is 1. The van der Waals surface area contributed by atoms with Gasteiger partial charge >= 0.3 is 5.69 Å². The number of aromatic nitrogens is 2. The standard InChI is InChI=1S/C19H21N3O5S/c23-8-7-22-14-4-2-1-3-13(14)18(21-19(22)25)28-10-17(24)20-12-5-6-15-16(9-12)27-11-26-15/h5-6,9,23H,1-4,7-8,10-11H2,(H,20,24). The SMILES string of the molecule is O=C(CSc1nc(=O)n(CCO)c2c1CCCC2)Nc1ccc2c(c1)OCO2. The van der Waals surface area contributed by atoms with Crippen LogP contribution in [0.4, 0.5) is 5.69 Å². The summed E-state index contributed by atoms with van der Waals surface area (Å²) in [6.45, 7) is 0.337. The van der Waals surface area contributed by atoms with Crippen LogP contribution >= 0.6 is 11.8 Å². The molecule has 28 heavy (non-hydrogen) atoms. The van der Waals surface area contributed by atoms with Gasteiger partial charge in [0.25, 0.3) is 0 Å². The summed E-state index contributed by atoms with van der Waals surface area (Å²) < 4.78 is 12.1. The lowest BCUT2D eigenvalue weighted by molar-refractivity contribution is -0.113. The number of anilines is 1. The molecule has 0 saturated heterocycles. The number of hydrogen-bond acceptors (Lipinski definition) is 7. The first kappa shape index (κ1) is 18.8. The molecule has 8 nitrogen and oxygen atoms in total. The highest BCUT2D eigenvalue weighted by Gasteiger charge is 2.21. The first-order valence-corrected chi connectivity index (χ1v) is 10.2. The maximum Gasteiger partial charge on any atom is 0.348 e. The second-order valence-electron chi connectivity index (χ2n) is 6.61. The van der Waals surface area contributed by atoms with Crippen molar-refractivity contribution < 1.29 is 19.4 Å². The summed E-state index contributed by atoms with van der Waals surface area (Å²) in [5, 5.41) is 12.7. The molecule has 9 heteroatoms. The van der Waals surface area contributed by atoms with Gasteiger partial charge in [-0.15, -0.1) is 0 Å². The summed E-state index contributed by atoms with van der Waals surface area (Å²) in [6.07, 6.45) is 3.67. The van der Waals surface area contributed by atoms with Gasteiger partial charge in [0.1, 0.15) is 5.03 Å². The Kier molecular flexibility index (Phi) is 5.54. The Balaban J connectivity index is 1.46. The second kappa shape index (κ2) is 8.24. The minimum atomic E-state index is -0.367. The molecule has 2 heterocycles. The van der Waals surface area contributed by atoms with Gasteiger partial charge in [0.15, 0.2) is 11.5 Å². The van der Waals surface area contributed by atoms with Crippen molar-refractivity contribution in [1.82, 2.24) is 9.55 Å². The van der Waals surface area contributed by atoms with Gasteiger partial charge in [0.2, 0.25) is 12.7 Å². The number of hydrogen-bond donors (Lipinski definition) is 2. The van der Waals surface area contributed by atoms with Crippen LogP contribution in [0, 0.1) is 0 Å². The van der Waals surface area contributed by atoms with Gasteiger partial charge < -0.3 is 19.9 Å². The zero-order valence-corrected chi connectivity index (χ0v) is 16.1. The van der Waals surface area contributed by atoms with Crippen LogP contribution in [0.5, 0.6) is 11.5 Å². The van der Waals surface area contributed by atoms with Crippen LogP contribution in [-0.4, -0.2) is 39.7 Å². The number of amides is 1. The predicted molar refractivity (Wildman–Crippen MR) is 104 cm³/mol. The van der Waals surface area contributed by atoms with E-state index in [1.807, 2.05) is 0 Å². The van der Waals surface area contributed by atoms with Gasteiger partial charge in [-0.3, -0.25) is 9.36 Å². The minimum Gasteiger partial charge on any atom is -0.454 e. The van der Waals surface area contributed by atoms with Gasteiger partial charge in [0.05, 0.1) is 18.9 Å². The molecule has 0 unspecified atom stereocenters. The smallest absolute Gasteiger partial charge is 0.348 e. The van der Waals surface area contributed by atoms with E-state index in [1.165, 1.54) is 11.8 Å². The number of fused-ring (bicyclic) bond motifs is 2. The predicted octanol–water partition coefficient (Wildman–Crippen LogP) is 1.57. The Bertz CT molecular complexity index is 959. The fraction of sp³-hybridized carbons (Fsp3) is 0.421. The molecule has 2 aliphatic rings. The van der Waals surface area contributed by atoms with Gasteiger partial charge in [-0.05, 0) is 37.8 Å². The molecule has 1 aromatic heterocycles. The monoisotopic (exact) mass is 403 g/mol. The largest absolute Gasteiger partial charge is 0.454 e. The van der Waals surface area contributed by atoms with Crippen molar-refractivity contribution in [3.8, 4) is 11.5 Å². The third kappa shape index (κ3) is 3.85. The average molecular weight is 403 g/mol. The van der Waals surface area contributed by atoms with E-state index in [9.17, 15) is 14.7 Å². The molecule has 0 atom stereocenters. The lowest BCUT2D eigenvalue weighted by atomic mass is 9.97. The van der Waals surface area contributed by atoms with Gasteiger partial charge in [0, 0.05) is 23.0 Å². The number of nitrogens with one attached hydrogen (secondary N) is 1. The van der Waals surface area contributed by atoms with E-state index >= 15 is 0 Å². The van der Waals surface area contributed by atoms with E-state index in [-0.39, 0.29) is 37.3 Å². The van der Waals surface area contributed by atoms with Crippen molar-refractivity contribution in [3.63, 3.8) is 0 Å². The fourth-order valence-electron chi connectivity index (χ4n) is 3.50. The lowest BCUT2D eigenvalue weighted by Gasteiger charge is -2.22. The number of carbonyl (C=O) groups excluding carboxylic acids is 1. The molecule has 1 aromatic carbocycles. The molecule has 2 N–H and O–H groups in total. The molecule has 0 spiro atoms. The molecule has 0 saturated carbocycles. The maximum atomic E-state index is 12.4. The zero-order chi connectivity index (χ0) is 19.5. The van der Waals surface area contributed by atoms with E-state index in [0.717, 1.165) is 36.9 Å². The van der Waals surface area contributed by atoms with Crippen LogP contribution in [0.1, 0.15) is 24.1 Å². The first-order valence-electron chi connectivity index (χ1n) is 9.21. The summed E-state index contributed by atoms with van der Waals surface area (Å²) in [5.74, 6) is 1.23. The number of nitrogens with zero attached hydrogens (tertiary/aromatic N) is 2. The van der Waals surface area contributed by atoms with E-state index in [4.69, 9.17) is 9.47 Å². The van der Waals surface area contributed by atoms with Crippen LogP contribution < -0.4 is 20.5 Å². The lowest BCUT2D eigenvalue weighted by Crippen LogP contribution is -2.31. The zero-order valence-electron chi connectivity index (χ0n) is 15.3. The minimum absolute atomic E-state index is 0.0988. The highest BCUT2D eigenvalue weighted by molar-refractivity contribution is 8.00. The van der Waals surface area contributed by atoms with E-state index < -0.39 is 0 Å². The Morgan fingerprint density at radius 2 is 2.07 bits per heavy atom. The number of aliphatic hydroxyl groups is 1. The molecule has 0 bridgehead atoms. The molecule has 0 radical (unpaired) electrons. The molecule has 2 aromatic rings. The molecular formula is C19H21N3O5S. The maximum absolute atomic E-state index is 12.4. The van der Waals surface area contributed by atoms with Gasteiger partial charge in [-0.25, -0.2) is 4.79 Å². The van der Waals surface area contributed by atoms with E-state index in [0.29, 0.717) is 22.2 Å². The summed E-state index contributed by atoms with van der Waals surface area (Å²) in [6, 6.07) is 5.23. The Morgan fingerprint density at radius 3 is 2.93 bits per heavy atom. The molecule has 1 aliphatic carbocycles. The van der Waals surface area contributed by atoms with Gasteiger partial charge in [-0.2, -0.15) is 4.98 Å². The highest BCUT2D eigenvalue weighted by atomic mass is 32.2. The van der Waals surface area contributed by atoms with Crippen molar-refractivity contribution in [3.05, 3.63) is 39.9 Å². The van der Waals surface area contributed by atoms with Crippen LogP contribution in [0.2, 0.25) is 0 Å². The van der Waals surface area contributed by atoms with Crippen LogP contribution in [0.3, 0.4) is 0 Å². The Hall–Kier alpha value is -2.52. The summed E-state index contributed by atoms with van der Waals surface area (Å²) >= 11 is 1.27. The summed E-state index contributed by atoms with van der Waals surface area (Å²) in [7, 11) is 0. The third-order valence-electron chi connectivity index (χ3n) is 4.77. The van der Waals surface area contributed by atoms with Crippen molar-refractivity contribution in [2.24, 2.45) is 0 Å². The third-order valence-corrected chi connectivity index (χ3v) is 5.79. The Labute approximate surface area is 165 Å². The first-order chi connectivity index (χ1) is 13.7. The van der Waals surface area contributed by atoms with Crippen molar-refractivity contribution in [2.75, 3.05) is 24.5 Å². The number of thioether (sulfide) groups is 1. The second-order valence-corrected chi connectivity index (χ2v) is 7.58. The molecule has 0 fully saturated rings. The average Bonchev–Trinajstić information content (AvgIpc) is 3.16. The highest BCUT2D eigenvalue weighted by Crippen LogP contribution is 2.34. The van der Waals surface area contributed by atoms with Crippen LogP contribution in [-0.2, 0) is 24.2 Å². The molecule has 1 aliphatic heterocycles.